The summed E-state index contributed by atoms with van der Waals surface area (Å²) in [5, 5.41) is 0. The van der Waals surface area contributed by atoms with Gasteiger partial charge in [-0.1, -0.05) is 20.1 Å². The molecule has 0 aromatic heterocycles. The molecule has 0 unspecified atom stereocenters. The van der Waals surface area contributed by atoms with Crippen LogP contribution in [0.1, 0.15) is 73.1 Å². The highest BCUT2D eigenvalue weighted by molar-refractivity contribution is 5.75. The minimum atomic E-state index is -0.431. The number of hydrogen-bond acceptors (Lipinski definition) is 3. The summed E-state index contributed by atoms with van der Waals surface area (Å²) in [6.45, 7) is 18.3. The number of carbonyl (C=O) groups is 1. The predicted molar refractivity (Wildman–Crippen MR) is 103 cm³/mol. The zero-order valence-corrected chi connectivity index (χ0v) is 16.8. The zero-order chi connectivity index (χ0) is 19.0. The molecule has 0 amide bonds. The topological polar surface area (TPSA) is 35.5 Å². The molecule has 0 bridgehead atoms. The van der Waals surface area contributed by atoms with Gasteiger partial charge in [0, 0.05) is 0 Å². The number of carbonyl (C=O) groups excluding carboxylic acids is 1. The molecular formula is C22H36O3. The summed E-state index contributed by atoms with van der Waals surface area (Å²) in [5.74, 6) is 0.474. The lowest BCUT2D eigenvalue weighted by Gasteiger charge is -2.18. The van der Waals surface area contributed by atoms with Gasteiger partial charge in [-0.15, -0.1) is 5.73 Å². The lowest BCUT2D eigenvalue weighted by molar-refractivity contribution is -0.153. The van der Waals surface area contributed by atoms with Crippen LogP contribution in [0, 0.1) is 11.3 Å². The van der Waals surface area contributed by atoms with Gasteiger partial charge in [-0.25, -0.2) is 0 Å². The molecule has 1 heterocycles. The van der Waals surface area contributed by atoms with Crippen molar-refractivity contribution in [3.8, 4) is 0 Å². The molecule has 142 valence electrons. The first-order valence-corrected chi connectivity index (χ1v) is 9.49. The molecule has 0 aromatic rings. The van der Waals surface area contributed by atoms with Crippen LogP contribution in [0.2, 0.25) is 0 Å². The van der Waals surface area contributed by atoms with E-state index in [4.69, 9.17) is 9.47 Å². The molecule has 3 nitrogen and oxygen atoms in total. The Balaban J connectivity index is 2.25. The second-order valence-corrected chi connectivity index (χ2v) is 8.48. The van der Waals surface area contributed by atoms with Gasteiger partial charge in [0.25, 0.3) is 0 Å². The predicted octanol–water partition coefficient (Wildman–Crippen LogP) is 5.61. The quantitative estimate of drug-likeness (QED) is 0.235. The first-order chi connectivity index (χ1) is 11.6. The third-order valence-corrected chi connectivity index (χ3v) is 4.70. The van der Waals surface area contributed by atoms with E-state index in [2.05, 4.69) is 32.7 Å². The Bertz CT molecular complexity index is 506. The highest BCUT2D eigenvalue weighted by Gasteiger charge is 2.29. The van der Waals surface area contributed by atoms with Crippen LogP contribution in [-0.4, -0.2) is 24.8 Å². The van der Waals surface area contributed by atoms with Crippen molar-refractivity contribution in [2.45, 2.75) is 85.4 Å². The Hall–Kier alpha value is -1.31. The molecule has 0 spiro atoms. The summed E-state index contributed by atoms with van der Waals surface area (Å²) < 4.78 is 11.5. The van der Waals surface area contributed by atoms with E-state index in [9.17, 15) is 4.79 Å². The van der Waals surface area contributed by atoms with E-state index in [-0.39, 0.29) is 18.2 Å². The van der Waals surface area contributed by atoms with Crippen LogP contribution in [0.15, 0.2) is 30.0 Å². The molecule has 0 aliphatic carbocycles. The van der Waals surface area contributed by atoms with Crippen molar-refractivity contribution in [1.82, 2.24) is 0 Å². The number of allylic oxidation sites excluding steroid dienone is 1. The van der Waals surface area contributed by atoms with Crippen LogP contribution >= 0.6 is 0 Å². The summed E-state index contributed by atoms with van der Waals surface area (Å²) in [4.78, 5) is 11.7. The van der Waals surface area contributed by atoms with Crippen LogP contribution in [0.25, 0.3) is 0 Å². The van der Waals surface area contributed by atoms with Crippen molar-refractivity contribution >= 4 is 5.97 Å². The normalized spacial score (nSPS) is 21.7. The van der Waals surface area contributed by atoms with E-state index < -0.39 is 5.41 Å². The Labute approximate surface area is 154 Å². The Kier molecular flexibility index (Phi) is 8.68. The summed E-state index contributed by atoms with van der Waals surface area (Å²) >= 11 is 0. The van der Waals surface area contributed by atoms with Gasteiger partial charge >= 0.3 is 5.97 Å². The van der Waals surface area contributed by atoms with Gasteiger partial charge in [-0.2, -0.15) is 0 Å². The number of esters is 1. The van der Waals surface area contributed by atoms with Crippen molar-refractivity contribution in [2.24, 2.45) is 11.3 Å². The molecular weight excluding hydrogens is 312 g/mol. The van der Waals surface area contributed by atoms with E-state index in [0.29, 0.717) is 12.5 Å². The van der Waals surface area contributed by atoms with Crippen LogP contribution in [0.4, 0.5) is 0 Å². The largest absolute Gasteiger partial charge is 0.465 e. The highest BCUT2D eigenvalue weighted by atomic mass is 16.5. The summed E-state index contributed by atoms with van der Waals surface area (Å²) in [6, 6.07) is 0. The SMILES string of the molecule is C=C=C(C)C[C@@H](C)CC[C@@H]1O[C@@H](CCCOC(=O)C(C)(C)C)CC1=C. The minimum Gasteiger partial charge on any atom is -0.465 e. The van der Waals surface area contributed by atoms with Crippen LogP contribution in [0.3, 0.4) is 0 Å². The van der Waals surface area contributed by atoms with E-state index in [1.807, 2.05) is 20.8 Å². The van der Waals surface area contributed by atoms with Crippen LogP contribution in [-0.2, 0) is 14.3 Å². The zero-order valence-electron chi connectivity index (χ0n) is 16.8. The average Bonchev–Trinajstić information content (AvgIpc) is 2.88. The Morgan fingerprint density at radius 3 is 2.68 bits per heavy atom. The molecule has 25 heavy (non-hydrogen) atoms. The molecule has 3 atom stereocenters. The van der Waals surface area contributed by atoms with Crippen molar-refractivity contribution in [3.05, 3.63) is 30.0 Å². The van der Waals surface area contributed by atoms with Gasteiger partial charge in [0.1, 0.15) is 0 Å². The molecule has 1 saturated heterocycles. The minimum absolute atomic E-state index is 0.139. The van der Waals surface area contributed by atoms with E-state index in [1.54, 1.807) is 0 Å². The summed E-state index contributed by atoms with van der Waals surface area (Å²) in [7, 11) is 0. The van der Waals surface area contributed by atoms with Crippen molar-refractivity contribution < 1.29 is 14.3 Å². The second-order valence-electron chi connectivity index (χ2n) is 8.48. The van der Waals surface area contributed by atoms with Gasteiger partial charge in [-0.05, 0) is 83.3 Å². The maximum Gasteiger partial charge on any atom is 0.311 e. The Morgan fingerprint density at radius 2 is 2.08 bits per heavy atom. The first-order valence-electron chi connectivity index (χ1n) is 9.49. The molecule has 1 fully saturated rings. The van der Waals surface area contributed by atoms with Crippen LogP contribution in [0.5, 0.6) is 0 Å². The van der Waals surface area contributed by atoms with Gasteiger partial charge < -0.3 is 9.47 Å². The third kappa shape index (κ3) is 8.07. The van der Waals surface area contributed by atoms with Crippen molar-refractivity contribution in [2.75, 3.05) is 6.61 Å². The van der Waals surface area contributed by atoms with Crippen molar-refractivity contribution in [3.63, 3.8) is 0 Å². The lowest BCUT2D eigenvalue weighted by Crippen LogP contribution is -2.23. The molecule has 0 aromatic carbocycles. The summed E-state index contributed by atoms with van der Waals surface area (Å²) in [5.41, 5.74) is 4.97. The van der Waals surface area contributed by atoms with Crippen LogP contribution < -0.4 is 0 Å². The maximum atomic E-state index is 11.7. The number of hydrogen-bond donors (Lipinski definition) is 0. The first kappa shape index (κ1) is 21.7. The molecule has 1 rings (SSSR count). The molecule has 0 N–H and O–H groups in total. The molecule has 3 heteroatoms. The van der Waals surface area contributed by atoms with Gasteiger partial charge in [0.15, 0.2) is 0 Å². The molecule has 1 aliphatic heterocycles. The fourth-order valence-electron chi connectivity index (χ4n) is 3.07. The third-order valence-electron chi connectivity index (χ3n) is 4.70. The molecule has 1 aliphatic rings. The fourth-order valence-corrected chi connectivity index (χ4v) is 3.07. The molecule has 0 saturated carbocycles. The number of ether oxygens (including phenoxy) is 2. The summed E-state index contributed by atoms with van der Waals surface area (Å²) in [6.07, 6.45) is 6.28. The standard InChI is InChI=1S/C22H36O3/c1-8-16(2)14-17(3)11-12-20-18(4)15-19(25-20)10-9-13-24-21(23)22(5,6)7/h17,19-20H,1,4,9-15H2,2-3,5-7H3/t17-,19-,20-/m0/s1. The van der Waals surface area contributed by atoms with Gasteiger partial charge in [-0.3, -0.25) is 4.79 Å². The average molecular weight is 349 g/mol. The van der Waals surface area contributed by atoms with E-state index in [1.165, 1.54) is 11.1 Å². The van der Waals surface area contributed by atoms with Gasteiger partial charge in [0.2, 0.25) is 0 Å². The fraction of sp³-hybridized carbons (Fsp3) is 0.727. The second kappa shape index (κ2) is 9.99. The van der Waals surface area contributed by atoms with E-state index in [0.717, 1.165) is 38.5 Å². The lowest BCUT2D eigenvalue weighted by atomic mass is 9.94. The number of rotatable bonds is 9. The highest BCUT2D eigenvalue weighted by Crippen LogP contribution is 2.31. The maximum absolute atomic E-state index is 11.7. The van der Waals surface area contributed by atoms with E-state index >= 15 is 0 Å². The van der Waals surface area contributed by atoms with Crippen molar-refractivity contribution in [1.29, 1.82) is 0 Å². The van der Waals surface area contributed by atoms with Gasteiger partial charge in [0.05, 0.1) is 24.2 Å². The monoisotopic (exact) mass is 348 g/mol. The smallest absolute Gasteiger partial charge is 0.311 e. The molecule has 0 radical (unpaired) electrons. The Morgan fingerprint density at radius 1 is 1.40 bits per heavy atom.